The highest BCUT2D eigenvalue weighted by atomic mass is 16.2. The highest BCUT2D eigenvalue weighted by Gasteiger charge is 2.25. The molecule has 0 unspecified atom stereocenters. The SMILES string of the molecule is CC(=O)N1CCc2cccc(Nc3ccnc(Nc4cc(-c5ccccc5)nn4C)c3)c21. The number of nitrogens with one attached hydrogen (secondary N) is 2. The molecule has 0 atom stereocenters. The molecule has 32 heavy (non-hydrogen) atoms. The van der Waals surface area contributed by atoms with Crippen molar-refractivity contribution in [3.05, 3.63) is 78.5 Å². The molecule has 0 fully saturated rings. The maximum atomic E-state index is 12.1. The molecule has 4 aromatic rings. The lowest BCUT2D eigenvalue weighted by Gasteiger charge is -2.19. The van der Waals surface area contributed by atoms with Crippen molar-refractivity contribution in [1.82, 2.24) is 14.8 Å². The zero-order valence-electron chi connectivity index (χ0n) is 18.0. The molecule has 1 aliphatic heterocycles. The number of hydrogen-bond donors (Lipinski definition) is 2. The molecule has 0 radical (unpaired) electrons. The van der Waals surface area contributed by atoms with Gasteiger partial charge in [0, 0.05) is 50.1 Å². The van der Waals surface area contributed by atoms with Gasteiger partial charge in [-0.1, -0.05) is 42.5 Å². The minimum atomic E-state index is 0.0560. The van der Waals surface area contributed by atoms with Gasteiger partial charge in [0.25, 0.3) is 0 Å². The number of rotatable bonds is 5. The summed E-state index contributed by atoms with van der Waals surface area (Å²) in [4.78, 5) is 18.4. The van der Waals surface area contributed by atoms with Crippen molar-refractivity contribution in [3.8, 4) is 11.3 Å². The number of benzene rings is 2. The Morgan fingerprint density at radius 2 is 1.84 bits per heavy atom. The van der Waals surface area contributed by atoms with E-state index in [1.165, 1.54) is 5.56 Å². The van der Waals surface area contributed by atoms with Crippen LogP contribution in [0.25, 0.3) is 11.3 Å². The maximum absolute atomic E-state index is 12.1. The standard InChI is InChI=1S/C25H24N6O/c1-17(32)31-14-12-19-9-6-10-21(25(19)31)27-20-11-13-26-23(15-20)28-24-16-22(29-30(24)2)18-7-4-3-5-8-18/h3-11,13,15-16H,12,14H2,1-2H3,(H2,26,27,28). The number of pyridine rings is 1. The van der Waals surface area contributed by atoms with Gasteiger partial charge < -0.3 is 15.5 Å². The van der Waals surface area contributed by atoms with E-state index < -0.39 is 0 Å². The van der Waals surface area contributed by atoms with E-state index in [0.717, 1.165) is 47.1 Å². The summed E-state index contributed by atoms with van der Waals surface area (Å²) in [6.07, 6.45) is 2.63. The second-order valence-corrected chi connectivity index (χ2v) is 7.82. The molecule has 1 amide bonds. The fourth-order valence-corrected chi connectivity index (χ4v) is 4.07. The van der Waals surface area contributed by atoms with Crippen molar-refractivity contribution >= 4 is 34.6 Å². The number of aromatic nitrogens is 3. The Kier molecular flexibility index (Phi) is 5.07. The lowest BCUT2D eigenvalue weighted by Crippen LogP contribution is -2.26. The van der Waals surface area contributed by atoms with Crippen LogP contribution >= 0.6 is 0 Å². The quantitative estimate of drug-likeness (QED) is 0.478. The number of para-hydroxylation sites is 1. The van der Waals surface area contributed by atoms with E-state index in [0.29, 0.717) is 5.82 Å². The molecule has 2 N–H and O–H groups in total. The van der Waals surface area contributed by atoms with Crippen LogP contribution in [-0.2, 0) is 18.3 Å². The summed E-state index contributed by atoms with van der Waals surface area (Å²) >= 11 is 0. The smallest absolute Gasteiger partial charge is 0.223 e. The summed E-state index contributed by atoms with van der Waals surface area (Å²) in [5.74, 6) is 1.60. The Hall–Kier alpha value is -4.13. The van der Waals surface area contributed by atoms with Gasteiger partial charge in [0.2, 0.25) is 5.91 Å². The normalized spacial score (nSPS) is 12.5. The zero-order valence-corrected chi connectivity index (χ0v) is 18.0. The van der Waals surface area contributed by atoms with Crippen LogP contribution in [-0.4, -0.2) is 27.2 Å². The Morgan fingerprint density at radius 3 is 2.66 bits per heavy atom. The highest BCUT2D eigenvalue weighted by Crippen LogP contribution is 2.37. The molecule has 0 saturated carbocycles. The topological polar surface area (TPSA) is 75.1 Å². The number of carbonyl (C=O) groups is 1. The average Bonchev–Trinajstić information content (AvgIpc) is 3.39. The second-order valence-electron chi connectivity index (χ2n) is 7.82. The van der Waals surface area contributed by atoms with Crippen molar-refractivity contribution in [2.24, 2.45) is 7.05 Å². The van der Waals surface area contributed by atoms with Gasteiger partial charge in [-0.05, 0) is 24.1 Å². The first-order chi connectivity index (χ1) is 15.6. The highest BCUT2D eigenvalue weighted by molar-refractivity contribution is 5.98. The summed E-state index contributed by atoms with van der Waals surface area (Å²) in [7, 11) is 1.90. The molecule has 2 aromatic carbocycles. The van der Waals surface area contributed by atoms with Crippen LogP contribution in [0.15, 0.2) is 72.9 Å². The third-order valence-corrected chi connectivity index (χ3v) is 5.62. The van der Waals surface area contributed by atoms with Crippen molar-refractivity contribution in [2.45, 2.75) is 13.3 Å². The van der Waals surface area contributed by atoms with Crippen LogP contribution in [0.5, 0.6) is 0 Å². The minimum absolute atomic E-state index is 0.0560. The van der Waals surface area contributed by atoms with E-state index in [1.54, 1.807) is 17.8 Å². The van der Waals surface area contributed by atoms with Gasteiger partial charge in [0.05, 0.1) is 17.1 Å². The third-order valence-electron chi connectivity index (χ3n) is 5.62. The second kappa shape index (κ2) is 8.19. The van der Waals surface area contributed by atoms with E-state index >= 15 is 0 Å². The monoisotopic (exact) mass is 424 g/mol. The van der Waals surface area contributed by atoms with Crippen molar-refractivity contribution < 1.29 is 4.79 Å². The van der Waals surface area contributed by atoms with E-state index in [9.17, 15) is 4.79 Å². The van der Waals surface area contributed by atoms with E-state index in [-0.39, 0.29) is 5.91 Å². The molecule has 160 valence electrons. The summed E-state index contributed by atoms with van der Waals surface area (Å²) < 4.78 is 1.80. The van der Waals surface area contributed by atoms with Gasteiger partial charge >= 0.3 is 0 Å². The third kappa shape index (κ3) is 3.80. The number of aryl methyl sites for hydroxylation is 1. The van der Waals surface area contributed by atoms with Gasteiger partial charge in [-0.25, -0.2) is 4.98 Å². The molecule has 0 bridgehead atoms. The maximum Gasteiger partial charge on any atom is 0.223 e. The first kappa shape index (κ1) is 19.8. The number of amides is 1. The van der Waals surface area contributed by atoms with Gasteiger partial charge in [-0.15, -0.1) is 0 Å². The molecule has 5 rings (SSSR count). The Labute approximate surface area is 186 Å². The molecule has 0 spiro atoms. The number of fused-ring (bicyclic) bond motifs is 1. The molecule has 7 heteroatoms. The number of anilines is 5. The van der Waals surface area contributed by atoms with Gasteiger partial charge in [0.15, 0.2) is 0 Å². The Bertz CT molecular complexity index is 1280. The lowest BCUT2D eigenvalue weighted by atomic mass is 10.1. The first-order valence-corrected chi connectivity index (χ1v) is 10.6. The molecule has 0 saturated heterocycles. The number of nitrogens with zero attached hydrogens (tertiary/aromatic N) is 4. The van der Waals surface area contributed by atoms with Crippen molar-refractivity contribution in [2.75, 3.05) is 22.1 Å². The lowest BCUT2D eigenvalue weighted by molar-refractivity contribution is -0.116. The number of carbonyl (C=O) groups excluding carboxylic acids is 1. The van der Waals surface area contributed by atoms with Crippen LogP contribution in [0.1, 0.15) is 12.5 Å². The summed E-state index contributed by atoms with van der Waals surface area (Å²) in [5, 5.41) is 11.4. The molecular weight excluding hydrogens is 400 g/mol. The van der Waals surface area contributed by atoms with E-state index in [4.69, 9.17) is 0 Å². The fourth-order valence-electron chi connectivity index (χ4n) is 4.07. The molecule has 2 aromatic heterocycles. The van der Waals surface area contributed by atoms with Crippen LogP contribution in [0, 0.1) is 0 Å². The predicted octanol–water partition coefficient (Wildman–Crippen LogP) is 4.88. The van der Waals surface area contributed by atoms with Gasteiger partial charge in [0.1, 0.15) is 11.6 Å². The summed E-state index contributed by atoms with van der Waals surface area (Å²) in [6.45, 7) is 2.33. The van der Waals surface area contributed by atoms with E-state index in [2.05, 4.69) is 26.8 Å². The van der Waals surface area contributed by atoms with Crippen LogP contribution in [0.4, 0.5) is 28.7 Å². The van der Waals surface area contributed by atoms with Gasteiger partial charge in [-0.3, -0.25) is 9.48 Å². The minimum Gasteiger partial charge on any atom is -0.354 e. The molecule has 1 aliphatic rings. The van der Waals surface area contributed by atoms with E-state index in [1.807, 2.05) is 72.6 Å². The average molecular weight is 425 g/mol. The first-order valence-electron chi connectivity index (χ1n) is 10.6. The van der Waals surface area contributed by atoms with Crippen molar-refractivity contribution in [1.29, 1.82) is 0 Å². The molecule has 0 aliphatic carbocycles. The summed E-state index contributed by atoms with van der Waals surface area (Å²) in [6, 6.07) is 22.0. The van der Waals surface area contributed by atoms with Crippen molar-refractivity contribution in [3.63, 3.8) is 0 Å². The molecule has 3 heterocycles. The zero-order chi connectivity index (χ0) is 22.1. The largest absolute Gasteiger partial charge is 0.354 e. The fraction of sp³-hybridized carbons (Fsp3) is 0.160. The van der Waals surface area contributed by atoms with Crippen LogP contribution in [0.3, 0.4) is 0 Å². The van der Waals surface area contributed by atoms with Crippen LogP contribution < -0.4 is 15.5 Å². The number of hydrogen-bond acceptors (Lipinski definition) is 5. The van der Waals surface area contributed by atoms with Gasteiger partial charge in [-0.2, -0.15) is 5.10 Å². The predicted molar refractivity (Wildman–Crippen MR) is 128 cm³/mol. The summed E-state index contributed by atoms with van der Waals surface area (Å²) in [5.41, 5.74) is 5.91. The molecule has 7 nitrogen and oxygen atoms in total. The Balaban J connectivity index is 1.39. The van der Waals surface area contributed by atoms with Crippen LogP contribution in [0.2, 0.25) is 0 Å². The Morgan fingerprint density at radius 1 is 1.00 bits per heavy atom. The molecular formula is C25H24N6O.